The van der Waals surface area contributed by atoms with Gasteiger partial charge in [-0.2, -0.15) is 4.72 Å². The second-order valence-corrected chi connectivity index (χ2v) is 5.70. The summed E-state index contributed by atoms with van der Waals surface area (Å²) in [6.07, 6.45) is 0. The number of aromatic carboxylic acids is 1. The van der Waals surface area contributed by atoms with E-state index in [9.17, 15) is 18.0 Å². The third-order valence-corrected chi connectivity index (χ3v) is 4.31. The minimum absolute atomic E-state index is 0.274. The van der Waals surface area contributed by atoms with Crippen molar-refractivity contribution in [1.82, 2.24) is 4.72 Å². The van der Waals surface area contributed by atoms with E-state index in [0.29, 0.717) is 0 Å². The third-order valence-electron chi connectivity index (χ3n) is 1.91. The first-order chi connectivity index (χ1) is 8.15. The van der Waals surface area contributed by atoms with Gasteiger partial charge in [0, 0.05) is 6.07 Å². The molecule has 0 fully saturated rings. The van der Waals surface area contributed by atoms with Crippen LogP contribution in [0.2, 0.25) is 0 Å². The Balaban J connectivity index is 3.13. The molecule has 1 amide bonds. The van der Waals surface area contributed by atoms with Crippen LogP contribution in [-0.2, 0) is 14.8 Å². The molecule has 1 atom stereocenters. The van der Waals surface area contributed by atoms with Gasteiger partial charge in [0.05, 0.1) is 6.04 Å². The number of nitrogens with one attached hydrogen (secondary N) is 1. The highest BCUT2D eigenvalue weighted by molar-refractivity contribution is 9.10. The summed E-state index contributed by atoms with van der Waals surface area (Å²) >= 11 is 2.78. The molecule has 1 unspecified atom stereocenters. The van der Waals surface area contributed by atoms with Crippen LogP contribution >= 0.6 is 15.9 Å². The molecule has 0 aliphatic heterocycles. The van der Waals surface area contributed by atoms with E-state index >= 15 is 0 Å². The monoisotopic (exact) mass is 340 g/mol. The van der Waals surface area contributed by atoms with E-state index in [2.05, 4.69) is 20.3 Å². The molecule has 1 aromatic rings. The Hall–Kier alpha value is -1.39. The number of hydrogen-bond donors (Lipinski definition) is 3. The van der Waals surface area contributed by atoms with Crippen molar-refractivity contribution in [3.05, 3.63) is 16.5 Å². The van der Waals surface area contributed by atoms with Gasteiger partial charge in [-0.05, 0) is 22.9 Å². The third kappa shape index (κ3) is 3.09. The molecule has 100 valence electrons. The predicted molar refractivity (Wildman–Crippen MR) is 62.3 cm³/mol. The number of primary amides is 1. The van der Waals surface area contributed by atoms with E-state index in [1.54, 1.807) is 0 Å². The summed E-state index contributed by atoms with van der Waals surface area (Å²) in [6.45, 7) is 1.26. The van der Waals surface area contributed by atoms with Crippen LogP contribution in [0.3, 0.4) is 0 Å². The minimum atomic E-state index is -4.10. The smallest absolute Gasteiger partial charge is 0.371 e. The molecule has 10 heteroatoms. The number of carboxylic acids is 1. The number of carbonyl (C=O) groups is 2. The van der Waals surface area contributed by atoms with Crippen molar-refractivity contribution in [2.24, 2.45) is 5.73 Å². The first kappa shape index (κ1) is 14.7. The number of sulfonamides is 1. The van der Waals surface area contributed by atoms with E-state index in [0.717, 1.165) is 6.07 Å². The first-order valence-electron chi connectivity index (χ1n) is 4.49. The first-order valence-corrected chi connectivity index (χ1v) is 6.77. The van der Waals surface area contributed by atoms with Crippen molar-refractivity contribution in [3.8, 4) is 0 Å². The molecule has 1 rings (SSSR count). The molecule has 0 aliphatic carbocycles. The molecule has 0 bridgehead atoms. The van der Waals surface area contributed by atoms with Crippen molar-refractivity contribution < 1.29 is 27.5 Å². The van der Waals surface area contributed by atoms with Gasteiger partial charge in [0.25, 0.3) is 0 Å². The largest absolute Gasteiger partial charge is 0.475 e. The summed E-state index contributed by atoms with van der Waals surface area (Å²) < 4.78 is 30.0. The van der Waals surface area contributed by atoms with Crippen molar-refractivity contribution in [2.75, 3.05) is 0 Å². The van der Waals surface area contributed by atoms with Crippen LogP contribution in [0.25, 0.3) is 0 Å². The van der Waals surface area contributed by atoms with Gasteiger partial charge in [-0.25, -0.2) is 13.2 Å². The molecule has 1 heterocycles. The molecule has 0 aromatic carbocycles. The Labute approximate surface area is 110 Å². The zero-order valence-corrected chi connectivity index (χ0v) is 11.4. The lowest BCUT2D eigenvalue weighted by Crippen LogP contribution is -2.42. The number of rotatable bonds is 5. The molecule has 0 aliphatic rings. The molecule has 1 aromatic heterocycles. The molecule has 0 spiro atoms. The van der Waals surface area contributed by atoms with E-state index in [1.165, 1.54) is 6.92 Å². The molecule has 0 saturated heterocycles. The Morgan fingerprint density at radius 2 is 2.11 bits per heavy atom. The van der Waals surface area contributed by atoms with Crippen LogP contribution in [0.1, 0.15) is 17.5 Å². The second-order valence-electron chi connectivity index (χ2n) is 3.30. The average Bonchev–Trinajstić information content (AvgIpc) is 2.60. The van der Waals surface area contributed by atoms with Gasteiger partial charge in [0.15, 0.2) is 4.67 Å². The van der Waals surface area contributed by atoms with Gasteiger partial charge in [0.2, 0.25) is 21.7 Å². The molecular weight excluding hydrogens is 332 g/mol. The number of hydrogen-bond acceptors (Lipinski definition) is 5. The number of furan rings is 1. The number of carbonyl (C=O) groups excluding carboxylic acids is 1. The lowest BCUT2D eigenvalue weighted by Gasteiger charge is -2.09. The summed E-state index contributed by atoms with van der Waals surface area (Å²) in [5.41, 5.74) is 4.92. The Kier molecular flexibility index (Phi) is 4.14. The second kappa shape index (κ2) is 5.08. The van der Waals surface area contributed by atoms with Crippen molar-refractivity contribution >= 4 is 37.8 Å². The van der Waals surface area contributed by atoms with Crippen LogP contribution in [0.5, 0.6) is 0 Å². The maximum absolute atomic E-state index is 11.8. The number of nitrogens with two attached hydrogens (primary N) is 1. The summed E-state index contributed by atoms with van der Waals surface area (Å²) in [5.74, 6) is -2.83. The van der Waals surface area contributed by atoms with Gasteiger partial charge in [-0.3, -0.25) is 4.79 Å². The van der Waals surface area contributed by atoms with Gasteiger partial charge in [0.1, 0.15) is 4.90 Å². The van der Waals surface area contributed by atoms with Gasteiger partial charge >= 0.3 is 5.97 Å². The fourth-order valence-electron chi connectivity index (χ4n) is 0.995. The van der Waals surface area contributed by atoms with Crippen LogP contribution in [0.15, 0.2) is 20.0 Å². The highest BCUT2D eigenvalue weighted by atomic mass is 79.9. The summed E-state index contributed by atoms with van der Waals surface area (Å²) in [5, 5.41) is 8.65. The fourth-order valence-corrected chi connectivity index (χ4v) is 3.15. The summed E-state index contributed by atoms with van der Waals surface area (Å²) in [6, 6.07) is -0.312. The molecule has 0 saturated carbocycles. The van der Waals surface area contributed by atoms with Crippen molar-refractivity contribution in [2.45, 2.75) is 17.9 Å². The SMILES string of the molecule is CC(NS(=O)(=O)c1cc(C(=O)O)oc1Br)C(N)=O. The van der Waals surface area contributed by atoms with E-state index in [-0.39, 0.29) is 4.67 Å². The quantitative estimate of drug-likeness (QED) is 0.683. The maximum atomic E-state index is 11.8. The lowest BCUT2D eigenvalue weighted by atomic mass is 10.4. The maximum Gasteiger partial charge on any atom is 0.371 e. The minimum Gasteiger partial charge on any atom is -0.475 e. The average molecular weight is 341 g/mol. The Bertz CT molecular complexity index is 593. The fraction of sp³-hybridized carbons (Fsp3) is 0.250. The lowest BCUT2D eigenvalue weighted by molar-refractivity contribution is -0.119. The van der Waals surface area contributed by atoms with E-state index in [4.69, 9.17) is 10.8 Å². The van der Waals surface area contributed by atoms with Crippen molar-refractivity contribution in [3.63, 3.8) is 0 Å². The van der Waals surface area contributed by atoms with Crippen LogP contribution < -0.4 is 10.5 Å². The molecular formula is C8H9BrN2O6S. The van der Waals surface area contributed by atoms with Crippen LogP contribution in [0.4, 0.5) is 0 Å². The summed E-state index contributed by atoms with van der Waals surface area (Å²) in [4.78, 5) is 21.0. The van der Waals surface area contributed by atoms with Crippen molar-refractivity contribution in [1.29, 1.82) is 0 Å². The van der Waals surface area contributed by atoms with Crippen LogP contribution in [-0.4, -0.2) is 31.4 Å². The zero-order valence-electron chi connectivity index (χ0n) is 9.01. The highest BCUT2D eigenvalue weighted by Gasteiger charge is 2.27. The number of amides is 1. The zero-order chi connectivity index (χ0) is 14.1. The van der Waals surface area contributed by atoms with E-state index < -0.39 is 38.6 Å². The molecule has 0 radical (unpaired) electrons. The molecule has 18 heavy (non-hydrogen) atoms. The molecule has 4 N–H and O–H groups in total. The van der Waals surface area contributed by atoms with E-state index in [1.807, 2.05) is 4.72 Å². The Morgan fingerprint density at radius 1 is 1.56 bits per heavy atom. The standard InChI is InChI=1S/C8H9BrN2O6S/c1-3(7(10)12)11-18(15,16)5-2-4(8(13)14)17-6(5)9/h2-3,11H,1H3,(H2,10,12)(H,13,14). The summed E-state index contributed by atoms with van der Waals surface area (Å²) in [7, 11) is -4.10. The Morgan fingerprint density at radius 3 is 2.50 bits per heavy atom. The normalized spacial score (nSPS) is 13.2. The highest BCUT2D eigenvalue weighted by Crippen LogP contribution is 2.26. The predicted octanol–water partition coefficient (Wildman–Crippen LogP) is -0.108. The molecule has 8 nitrogen and oxygen atoms in total. The topological polar surface area (TPSA) is 140 Å². The van der Waals surface area contributed by atoms with Gasteiger partial charge < -0.3 is 15.3 Å². The van der Waals surface area contributed by atoms with Crippen LogP contribution in [0, 0.1) is 0 Å². The van der Waals surface area contributed by atoms with Gasteiger partial charge in [-0.1, -0.05) is 0 Å². The van der Waals surface area contributed by atoms with Gasteiger partial charge in [-0.15, -0.1) is 0 Å². The number of carboxylic acid groups (broad SMARTS) is 1. The number of halogens is 1.